The molecule has 0 spiro atoms. The molecule has 0 saturated heterocycles. The van der Waals surface area contributed by atoms with Gasteiger partial charge in [-0.3, -0.25) is 4.79 Å². The summed E-state index contributed by atoms with van der Waals surface area (Å²) in [5.41, 5.74) is 0. The van der Waals surface area contributed by atoms with E-state index in [2.05, 4.69) is 42.5 Å². The van der Waals surface area contributed by atoms with Crippen molar-refractivity contribution in [1.29, 1.82) is 0 Å². The van der Waals surface area contributed by atoms with E-state index in [1.807, 2.05) is 31.2 Å². The van der Waals surface area contributed by atoms with E-state index in [0.29, 0.717) is 6.42 Å². The highest BCUT2D eigenvalue weighted by Gasteiger charge is 1.90. The van der Waals surface area contributed by atoms with Crippen LogP contribution in [0.2, 0.25) is 0 Å². The quantitative estimate of drug-likeness (QED) is 0.322. The Morgan fingerprint density at radius 1 is 0.800 bits per heavy atom. The van der Waals surface area contributed by atoms with Crippen LogP contribution in [-0.2, 0) is 4.79 Å². The average molecular weight is 344 g/mol. The number of aliphatic hydroxyl groups excluding tert-OH is 1. The summed E-state index contributed by atoms with van der Waals surface area (Å²) < 4.78 is 0. The molecule has 0 saturated carbocycles. The second kappa shape index (κ2) is 18.2. The summed E-state index contributed by atoms with van der Waals surface area (Å²) in [7, 11) is 0. The van der Waals surface area contributed by atoms with Crippen molar-refractivity contribution in [2.75, 3.05) is 0 Å². The lowest BCUT2D eigenvalue weighted by Crippen LogP contribution is -1.97. The van der Waals surface area contributed by atoms with Gasteiger partial charge in [0, 0.05) is 6.42 Å². The van der Waals surface area contributed by atoms with Crippen LogP contribution >= 0.6 is 0 Å². The molecule has 25 heavy (non-hydrogen) atoms. The standard InChI is InChI=1S/C22H32O3/c1-2-21(23)19-17-15-13-11-9-7-5-3-4-6-8-10-12-14-16-18-20-22(24)25/h3-4,7-10,13-17,19,21,23H,2,5-6,11-12,18,20H2,1H3,(H,24,25)/b4-3-,9-7-,10-8-,15-13-,16-14-,19-17+/t21-/m0/s1. The van der Waals surface area contributed by atoms with Crippen molar-refractivity contribution in [3.05, 3.63) is 72.9 Å². The Hall–Kier alpha value is -2.13. The van der Waals surface area contributed by atoms with Crippen molar-refractivity contribution in [2.24, 2.45) is 0 Å². The zero-order valence-corrected chi connectivity index (χ0v) is 15.3. The van der Waals surface area contributed by atoms with Crippen LogP contribution < -0.4 is 0 Å². The summed E-state index contributed by atoms with van der Waals surface area (Å²) >= 11 is 0. The maximum atomic E-state index is 10.3. The molecular weight excluding hydrogens is 312 g/mol. The number of carbonyl (C=O) groups is 1. The molecule has 1 atom stereocenters. The summed E-state index contributed by atoms with van der Waals surface area (Å²) in [5.74, 6) is -0.751. The van der Waals surface area contributed by atoms with Crippen LogP contribution in [0.25, 0.3) is 0 Å². The van der Waals surface area contributed by atoms with Gasteiger partial charge < -0.3 is 10.2 Å². The fourth-order valence-electron chi connectivity index (χ4n) is 1.80. The van der Waals surface area contributed by atoms with Gasteiger partial charge in [0.1, 0.15) is 0 Å². The van der Waals surface area contributed by atoms with Crippen molar-refractivity contribution in [2.45, 2.75) is 58.0 Å². The Morgan fingerprint density at radius 3 is 1.76 bits per heavy atom. The second-order valence-electron chi connectivity index (χ2n) is 5.55. The molecule has 0 unspecified atom stereocenters. The van der Waals surface area contributed by atoms with E-state index in [9.17, 15) is 9.90 Å². The molecule has 3 nitrogen and oxygen atoms in total. The number of aliphatic carboxylic acids is 1. The molecule has 0 aromatic carbocycles. The first-order valence-electron chi connectivity index (χ1n) is 9.00. The van der Waals surface area contributed by atoms with Gasteiger partial charge in [-0.15, -0.1) is 0 Å². The molecule has 138 valence electrons. The van der Waals surface area contributed by atoms with Gasteiger partial charge in [0.2, 0.25) is 0 Å². The molecule has 0 radical (unpaired) electrons. The average Bonchev–Trinajstić information content (AvgIpc) is 2.60. The van der Waals surface area contributed by atoms with Gasteiger partial charge in [0.15, 0.2) is 0 Å². The fraction of sp³-hybridized carbons (Fsp3) is 0.409. The molecule has 0 rings (SSSR count). The number of rotatable bonds is 14. The van der Waals surface area contributed by atoms with Crippen molar-refractivity contribution >= 4 is 5.97 Å². The molecule has 0 aromatic heterocycles. The number of hydrogen-bond donors (Lipinski definition) is 2. The Morgan fingerprint density at radius 2 is 1.28 bits per heavy atom. The Labute approximate surface area is 152 Å². The van der Waals surface area contributed by atoms with Crippen molar-refractivity contribution < 1.29 is 15.0 Å². The van der Waals surface area contributed by atoms with Crippen LogP contribution in [0.3, 0.4) is 0 Å². The number of allylic oxidation sites excluding steroid dienone is 11. The highest BCUT2D eigenvalue weighted by Crippen LogP contribution is 1.97. The summed E-state index contributed by atoms with van der Waals surface area (Å²) in [5, 5.41) is 17.8. The zero-order chi connectivity index (χ0) is 18.6. The predicted octanol–water partition coefficient (Wildman–Crippen LogP) is 5.52. The van der Waals surface area contributed by atoms with Crippen LogP contribution in [0.5, 0.6) is 0 Å². The molecule has 0 aliphatic carbocycles. The van der Waals surface area contributed by atoms with Gasteiger partial charge in [-0.25, -0.2) is 0 Å². The minimum absolute atomic E-state index is 0.199. The predicted molar refractivity (Wildman–Crippen MR) is 106 cm³/mol. The van der Waals surface area contributed by atoms with Crippen LogP contribution in [0.1, 0.15) is 51.9 Å². The van der Waals surface area contributed by atoms with E-state index in [1.54, 1.807) is 6.08 Å². The third kappa shape index (κ3) is 19.8. The molecular formula is C22H32O3. The third-order valence-corrected chi connectivity index (χ3v) is 3.28. The first-order chi connectivity index (χ1) is 12.2. The highest BCUT2D eigenvalue weighted by molar-refractivity contribution is 5.66. The summed E-state index contributed by atoms with van der Waals surface area (Å²) in [6.45, 7) is 1.95. The first kappa shape index (κ1) is 22.9. The summed E-state index contributed by atoms with van der Waals surface area (Å²) in [4.78, 5) is 10.3. The normalized spacial score (nSPS) is 14.3. The summed E-state index contributed by atoms with van der Waals surface area (Å²) in [6, 6.07) is 0. The minimum Gasteiger partial charge on any atom is -0.481 e. The van der Waals surface area contributed by atoms with E-state index in [4.69, 9.17) is 5.11 Å². The van der Waals surface area contributed by atoms with E-state index in [-0.39, 0.29) is 12.5 Å². The Bertz CT molecular complexity index is 493. The van der Waals surface area contributed by atoms with E-state index in [1.165, 1.54) is 0 Å². The van der Waals surface area contributed by atoms with Crippen LogP contribution in [0.4, 0.5) is 0 Å². The van der Waals surface area contributed by atoms with Gasteiger partial charge >= 0.3 is 5.97 Å². The maximum absolute atomic E-state index is 10.3. The van der Waals surface area contributed by atoms with Crippen molar-refractivity contribution in [3.8, 4) is 0 Å². The van der Waals surface area contributed by atoms with Crippen LogP contribution in [-0.4, -0.2) is 22.3 Å². The SMILES string of the molecule is CC[C@H](O)/C=C/C=C\C/C=C\C/C=C\C/C=C\C/C=C\CCC(=O)O. The monoisotopic (exact) mass is 344 g/mol. The number of aliphatic hydroxyl groups is 1. The molecule has 0 fully saturated rings. The Balaban J connectivity index is 3.59. The highest BCUT2D eigenvalue weighted by atomic mass is 16.4. The molecule has 0 aromatic rings. The smallest absolute Gasteiger partial charge is 0.303 e. The van der Waals surface area contributed by atoms with Crippen LogP contribution in [0.15, 0.2) is 72.9 Å². The van der Waals surface area contributed by atoms with E-state index in [0.717, 1.165) is 32.1 Å². The van der Waals surface area contributed by atoms with Gasteiger partial charge in [-0.05, 0) is 38.5 Å². The lowest BCUT2D eigenvalue weighted by Gasteiger charge is -1.95. The van der Waals surface area contributed by atoms with E-state index >= 15 is 0 Å². The fourth-order valence-corrected chi connectivity index (χ4v) is 1.80. The molecule has 0 heterocycles. The Kier molecular flexibility index (Phi) is 16.7. The van der Waals surface area contributed by atoms with Gasteiger partial charge in [0.05, 0.1) is 6.10 Å². The minimum atomic E-state index is -0.751. The number of hydrogen-bond acceptors (Lipinski definition) is 2. The topological polar surface area (TPSA) is 57.5 Å². The maximum Gasteiger partial charge on any atom is 0.303 e. The molecule has 0 amide bonds. The van der Waals surface area contributed by atoms with Gasteiger partial charge in [-0.1, -0.05) is 79.8 Å². The lowest BCUT2D eigenvalue weighted by molar-refractivity contribution is -0.136. The first-order valence-corrected chi connectivity index (χ1v) is 9.00. The number of carboxylic acid groups (broad SMARTS) is 1. The van der Waals surface area contributed by atoms with Gasteiger partial charge in [0.25, 0.3) is 0 Å². The summed E-state index contributed by atoms with van der Waals surface area (Å²) in [6.07, 6.45) is 29.2. The van der Waals surface area contributed by atoms with Crippen molar-refractivity contribution in [1.82, 2.24) is 0 Å². The third-order valence-electron chi connectivity index (χ3n) is 3.28. The largest absolute Gasteiger partial charge is 0.481 e. The van der Waals surface area contributed by atoms with Crippen molar-refractivity contribution in [3.63, 3.8) is 0 Å². The molecule has 2 N–H and O–H groups in total. The molecule has 0 aliphatic heterocycles. The second-order valence-corrected chi connectivity index (χ2v) is 5.55. The molecule has 0 bridgehead atoms. The number of carboxylic acids is 1. The van der Waals surface area contributed by atoms with E-state index < -0.39 is 5.97 Å². The molecule has 3 heteroatoms. The zero-order valence-electron chi connectivity index (χ0n) is 15.3. The lowest BCUT2D eigenvalue weighted by atomic mass is 10.2. The molecule has 0 aliphatic rings. The van der Waals surface area contributed by atoms with Crippen LogP contribution in [0, 0.1) is 0 Å². The van der Waals surface area contributed by atoms with Gasteiger partial charge in [-0.2, -0.15) is 0 Å².